The number of aliphatic imine (C=N–C) groups is 1. The van der Waals surface area contributed by atoms with Crippen LogP contribution in [0.1, 0.15) is 47.0 Å². The van der Waals surface area contributed by atoms with Gasteiger partial charge in [-0.15, -0.1) is 24.0 Å². The molecule has 7 heteroatoms. The molecule has 0 aliphatic carbocycles. The van der Waals surface area contributed by atoms with Crippen LogP contribution >= 0.6 is 24.0 Å². The van der Waals surface area contributed by atoms with Crippen LogP contribution in [0.2, 0.25) is 0 Å². The molecule has 0 aromatic carbocycles. The van der Waals surface area contributed by atoms with Gasteiger partial charge in [-0.25, -0.2) is 0 Å². The summed E-state index contributed by atoms with van der Waals surface area (Å²) >= 11 is 0. The predicted molar refractivity (Wildman–Crippen MR) is 116 cm³/mol. The van der Waals surface area contributed by atoms with Crippen LogP contribution in [0.25, 0.3) is 0 Å². The Kier molecular flexibility index (Phi) is 14.9. The number of nitrogens with zero attached hydrogens (tertiary/aromatic N) is 2. The topological polar surface area (TPSA) is 69.1 Å². The molecule has 6 nitrogen and oxygen atoms in total. The highest BCUT2D eigenvalue weighted by atomic mass is 127. The highest BCUT2D eigenvalue weighted by molar-refractivity contribution is 14.0. The highest BCUT2D eigenvalue weighted by Gasteiger charge is 2.19. The quantitative estimate of drug-likeness (QED) is 0.259. The highest BCUT2D eigenvalue weighted by Crippen LogP contribution is 2.10. The lowest BCUT2D eigenvalue weighted by Crippen LogP contribution is -2.49. The largest absolute Gasteiger partial charge is 0.389 e. The van der Waals surface area contributed by atoms with Crippen LogP contribution in [-0.2, 0) is 4.74 Å². The summed E-state index contributed by atoms with van der Waals surface area (Å²) in [6, 6.07) is 0.463. The number of halogens is 1. The minimum atomic E-state index is -0.550. The third-order valence-electron chi connectivity index (χ3n) is 4.03. The number of aliphatic hydroxyl groups excluding tert-OH is 1. The van der Waals surface area contributed by atoms with Crippen molar-refractivity contribution >= 4 is 29.9 Å². The Morgan fingerprint density at radius 2 is 1.92 bits per heavy atom. The van der Waals surface area contributed by atoms with E-state index in [-0.39, 0.29) is 24.0 Å². The second kappa shape index (κ2) is 15.0. The molecule has 0 radical (unpaired) electrons. The lowest BCUT2D eigenvalue weighted by Gasteiger charge is -2.32. The van der Waals surface area contributed by atoms with E-state index in [0.29, 0.717) is 31.7 Å². The zero-order valence-electron chi connectivity index (χ0n) is 16.5. The summed E-state index contributed by atoms with van der Waals surface area (Å²) < 4.78 is 5.47. The first kappa shape index (κ1) is 24.9. The molecule has 0 amide bonds. The molecule has 150 valence electrons. The molecule has 1 heterocycles. The maximum atomic E-state index is 9.98. The Labute approximate surface area is 171 Å². The smallest absolute Gasteiger partial charge is 0.191 e. The Morgan fingerprint density at radius 1 is 1.24 bits per heavy atom. The summed E-state index contributed by atoms with van der Waals surface area (Å²) in [7, 11) is 0. The van der Waals surface area contributed by atoms with E-state index < -0.39 is 6.10 Å². The number of hydrogen-bond donors (Lipinski definition) is 3. The van der Waals surface area contributed by atoms with Gasteiger partial charge < -0.3 is 25.4 Å². The molecule has 1 saturated heterocycles. The van der Waals surface area contributed by atoms with E-state index >= 15 is 0 Å². The fourth-order valence-corrected chi connectivity index (χ4v) is 2.82. The van der Waals surface area contributed by atoms with E-state index in [1.54, 1.807) is 0 Å². The molecule has 1 unspecified atom stereocenters. The first-order valence-electron chi connectivity index (χ1n) is 9.58. The van der Waals surface area contributed by atoms with Crippen molar-refractivity contribution in [1.82, 2.24) is 15.5 Å². The van der Waals surface area contributed by atoms with E-state index in [0.717, 1.165) is 38.4 Å². The average molecular weight is 470 g/mol. The molecule has 0 bridgehead atoms. The number of piperidine rings is 1. The van der Waals surface area contributed by atoms with Crippen LogP contribution < -0.4 is 10.6 Å². The molecule has 1 aliphatic heterocycles. The summed E-state index contributed by atoms with van der Waals surface area (Å²) in [5, 5.41) is 16.8. The number of nitrogens with one attached hydrogen (secondary N) is 2. The molecule has 1 atom stereocenters. The van der Waals surface area contributed by atoms with Gasteiger partial charge in [-0.3, -0.25) is 4.99 Å². The van der Waals surface area contributed by atoms with Crippen LogP contribution in [0, 0.1) is 5.92 Å². The van der Waals surface area contributed by atoms with Crippen LogP contribution in [0.4, 0.5) is 0 Å². The summed E-state index contributed by atoms with van der Waals surface area (Å²) in [6.45, 7) is 14.2. The zero-order chi connectivity index (χ0) is 17.8. The maximum absolute atomic E-state index is 9.98. The number of aliphatic hydroxyl groups is 1. The minimum Gasteiger partial charge on any atom is -0.389 e. The number of likely N-dealkylation sites (tertiary alicyclic amines) is 1. The van der Waals surface area contributed by atoms with Gasteiger partial charge in [0.15, 0.2) is 5.96 Å². The van der Waals surface area contributed by atoms with Crippen LogP contribution in [0.3, 0.4) is 0 Å². The van der Waals surface area contributed by atoms with Gasteiger partial charge in [0, 0.05) is 32.3 Å². The van der Waals surface area contributed by atoms with Gasteiger partial charge in [0.1, 0.15) is 0 Å². The second-order valence-corrected chi connectivity index (χ2v) is 7.07. The molecule has 0 spiro atoms. The third-order valence-corrected chi connectivity index (χ3v) is 4.03. The van der Waals surface area contributed by atoms with Gasteiger partial charge in [-0.1, -0.05) is 20.8 Å². The second-order valence-electron chi connectivity index (χ2n) is 7.07. The fraction of sp³-hybridized carbons (Fsp3) is 0.944. The molecule has 25 heavy (non-hydrogen) atoms. The zero-order valence-corrected chi connectivity index (χ0v) is 18.8. The van der Waals surface area contributed by atoms with Crippen LogP contribution in [-0.4, -0.2) is 74.0 Å². The van der Waals surface area contributed by atoms with Crippen molar-refractivity contribution in [3.05, 3.63) is 0 Å². The normalized spacial score (nSPS) is 18.1. The Hall–Kier alpha value is -0.120. The SMILES string of the molecule is CCCN1CCC(NC(=NCC(O)COCC(C)C)NCC)CC1.I. The molecule has 1 aliphatic rings. The van der Waals surface area contributed by atoms with Gasteiger partial charge in [-0.05, 0) is 38.6 Å². The molecule has 0 aromatic rings. The van der Waals surface area contributed by atoms with Crippen molar-refractivity contribution in [3.63, 3.8) is 0 Å². The van der Waals surface area contributed by atoms with E-state index in [2.05, 4.69) is 48.2 Å². The maximum Gasteiger partial charge on any atom is 0.191 e. The Balaban J connectivity index is 0.00000576. The van der Waals surface area contributed by atoms with Gasteiger partial charge in [0.05, 0.1) is 19.3 Å². The van der Waals surface area contributed by atoms with Crippen molar-refractivity contribution in [2.75, 3.05) is 45.9 Å². The number of rotatable bonds is 10. The Bertz CT molecular complexity index is 348. The number of hydrogen-bond acceptors (Lipinski definition) is 4. The lowest BCUT2D eigenvalue weighted by atomic mass is 10.1. The van der Waals surface area contributed by atoms with Gasteiger partial charge in [0.2, 0.25) is 0 Å². The van der Waals surface area contributed by atoms with Crippen molar-refractivity contribution in [1.29, 1.82) is 0 Å². The molecule has 0 aromatic heterocycles. The average Bonchev–Trinajstić information content (AvgIpc) is 2.54. The fourth-order valence-electron chi connectivity index (χ4n) is 2.82. The van der Waals surface area contributed by atoms with Gasteiger partial charge in [-0.2, -0.15) is 0 Å². The first-order chi connectivity index (χ1) is 11.5. The monoisotopic (exact) mass is 470 g/mol. The molecule has 1 fully saturated rings. The van der Waals surface area contributed by atoms with Gasteiger partial charge in [0.25, 0.3) is 0 Å². The summed E-state index contributed by atoms with van der Waals surface area (Å²) in [5.74, 6) is 1.28. The van der Waals surface area contributed by atoms with Crippen LogP contribution in [0.15, 0.2) is 4.99 Å². The number of ether oxygens (including phenoxy) is 1. The number of guanidine groups is 1. The minimum absolute atomic E-state index is 0. The molecular weight excluding hydrogens is 431 g/mol. The van der Waals surface area contributed by atoms with Crippen molar-refractivity contribution in [2.24, 2.45) is 10.9 Å². The predicted octanol–water partition coefficient (Wildman–Crippen LogP) is 2.07. The van der Waals surface area contributed by atoms with E-state index in [1.165, 1.54) is 13.0 Å². The van der Waals surface area contributed by atoms with Crippen LogP contribution in [0.5, 0.6) is 0 Å². The summed E-state index contributed by atoms with van der Waals surface area (Å²) in [5.41, 5.74) is 0. The van der Waals surface area contributed by atoms with Crippen molar-refractivity contribution in [3.8, 4) is 0 Å². The summed E-state index contributed by atoms with van der Waals surface area (Å²) in [4.78, 5) is 7.04. The van der Waals surface area contributed by atoms with Crippen molar-refractivity contribution < 1.29 is 9.84 Å². The molecule has 0 saturated carbocycles. The molecular formula is C18H39IN4O2. The van der Waals surface area contributed by atoms with E-state index in [4.69, 9.17) is 4.74 Å². The molecule has 1 rings (SSSR count). The standard InChI is InChI=1S/C18H38N4O2.HI/c1-5-9-22-10-7-16(8-11-22)21-18(19-6-2)20-12-17(23)14-24-13-15(3)4;/h15-17,23H,5-14H2,1-4H3,(H2,19,20,21);1H. The third kappa shape index (κ3) is 12.0. The lowest BCUT2D eigenvalue weighted by molar-refractivity contribution is 0.0301. The summed E-state index contributed by atoms with van der Waals surface area (Å²) in [6.07, 6.45) is 2.96. The molecule has 3 N–H and O–H groups in total. The van der Waals surface area contributed by atoms with E-state index in [9.17, 15) is 5.11 Å². The first-order valence-corrected chi connectivity index (χ1v) is 9.58. The van der Waals surface area contributed by atoms with Crippen molar-refractivity contribution in [2.45, 2.75) is 59.1 Å². The van der Waals surface area contributed by atoms with E-state index in [1.807, 2.05) is 0 Å². The Morgan fingerprint density at radius 3 is 2.48 bits per heavy atom. The van der Waals surface area contributed by atoms with Gasteiger partial charge >= 0.3 is 0 Å².